The van der Waals surface area contributed by atoms with Crippen molar-refractivity contribution in [2.45, 2.75) is 12.8 Å². The second-order valence-electron chi connectivity index (χ2n) is 3.36. The molecule has 1 aromatic heterocycles. The van der Waals surface area contributed by atoms with Gasteiger partial charge in [0.15, 0.2) is 0 Å². The van der Waals surface area contributed by atoms with E-state index in [2.05, 4.69) is 34.6 Å². The van der Waals surface area contributed by atoms with E-state index in [-0.39, 0.29) is 0 Å². The van der Waals surface area contributed by atoms with E-state index in [1.54, 1.807) is 23.0 Å². The zero-order valence-electron chi connectivity index (χ0n) is 8.52. The third-order valence-corrected chi connectivity index (χ3v) is 2.83. The molecular weight excluding hydrogens is 204 g/mol. The average molecular weight is 218 g/mol. The van der Waals surface area contributed by atoms with Crippen LogP contribution in [0.2, 0.25) is 0 Å². The normalized spacial score (nSPS) is 13.1. The summed E-state index contributed by atoms with van der Waals surface area (Å²) in [5.41, 5.74) is 4.59. The monoisotopic (exact) mass is 218 g/mol. The van der Waals surface area contributed by atoms with Gasteiger partial charge in [-0.15, -0.1) is 11.3 Å². The van der Waals surface area contributed by atoms with Gasteiger partial charge in [0.2, 0.25) is 0 Å². The number of anilines is 1. The first-order valence-electron chi connectivity index (χ1n) is 5.11. The SMILES string of the molecule is c1ccc2c(c1)CCCN2.c1cscn1. The van der Waals surface area contributed by atoms with Gasteiger partial charge in [-0.3, -0.25) is 4.98 Å². The number of fused-ring (bicyclic) bond motifs is 1. The fourth-order valence-electron chi connectivity index (χ4n) is 1.59. The minimum atomic E-state index is 1.14. The van der Waals surface area contributed by atoms with Crippen LogP contribution in [-0.2, 0) is 6.42 Å². The number of nitrogens with zero attached hydrogens (tertiary/aromatic N) is 1. The molecule has 0 bridgehead atoms. The lowest BCUT2D eigenvalue weighted by molar-refractivity contribution is 0.830. The Morgan fingerprint density at radius 2 is 2.20 bits per heavy atom. The number of thiazole rings is 1. The molecule has 1 aliphatic heterocycles. The number of hydrogen-bond donors (Lipinski definition) is 1. The van der Waals surface area contributed by atoms with Gasteiger partial charge in [0, 0.05) is 23.8 Å². The number of benzene rings is 1. The van der Waals surface area contributed by atoms with Crippen LogP contribution >= 0.6 is 11.3 Å². The molecule has 0 saturated heterocycles. The molecule has 0 amide bonds. The Bertz CT molecular complexity index is 342. The van der Waals surface area contributed by atoms with E-state index in [4.69, 9.17) is 0 Å². The zero-order chi connectivity index (χ0) is 10.3. The second kappa shape index (κ2) is 5.51. The van der Waals surface area contributed by atoms with Gasteiger partial charge in [-0.05, 0) is 24.5 Å². The van der Waals surface area contributed by atoms with Gasteiger partial charge < -0.3 is 5.32 Å². The zero-order valence-corrected chi connectivity index (χ0v) is 9.33. The maximum absolute atomic E-state index is 3.74. The molecule has 1 aromatic carbocycles. The summed E-state index contributed by atoms with van der Waals surface area (Å²) in [5, 5.41) is 5.29. The molecule has 78 valence electrons. The van der Waals surface area contributed by atoms with Crippen molar-refractivity contribution >= 4 is 17.0 Å². The van der Waals surface area contributed by atoms with Crippen LogP contribution in [-0.4, -0.2) is 11.5 Å². The fraction of sp³-hybridized carbons (Fsp3) is 0.250. The highest BCUT2D eigenvalue weighted by molar-refractivity contribution is 7.07. The molecule has 3 rings (SSSR count). The minimum absolute atomic E-state index is 1.14. The summed E-state index contributed by atoms with van der Waals surface area (Å²) in [4.78, 5) is 3.74. The van der Waals surface area contributed by atoms with Crippen molar-refractivity contribution in [3.05, 3.63) is 46.9 Å². The molecule has 2 heterocycles. The molecule has 1 aliphatic rings. The molecule has 0 aliphatic carbocycles. The smallest absolute Gasteiger partial charge is 0.0791 e. The molecule has 0 fully saturated rings. The third-order valence-electron chi connectivity index (χ3n) is 2.30. The Balaban J connectivity index is 0.000000144. The summed E-state index contributed by atoms with van der Waals surface area (Å²) >= 11 is 1.60. The van der Waals surface area contributed by atoms with Crippen molar-refractivity contribution in [2.75, 3.05) is 11.9 Å². The molecule has 1 N–H and O–H groups in total. The summed E-state index contributed by atoms with van der Waals surface area (Å²) in [5.74, 6) is 0. The highest BCUT2D eigenvalue weighted by Gasteiger charge is 2.04. The van der Waals surface area contributed by atoms with Crippen LogP contribution in [0.25, 0.3) is 0 Å². The predicted molar refractivity (Wildman–Crippen MR) is 65.4 cm³/mol. The first kappa shape index (κ1) is 10.2. The van der Waals surface area contributed by atoms with Crippen LogP contribution in [0.5, 0.6) is 0 Å². The quantitative estimate of drug-likeness (QED) is 0.734. The van der Waals surface area contributed by atoms with E-state index in [9.17, 15) is 0 Å². The summed E-state index contributed by atoms with van der Waals surface area (Å²) in [7, 11) is 0. The van der Waals surface area contributed by atoms with Crippen LogP contribution < -0.4 is 5.32 Å². The van der Waals surface area contributed by atoms with Gasteiger partial charge >= 0.3 is 0 Å². The summed E-state index contributed by atoms with van der Waals surface area (Å²) in [6.45, 7) is 1.14. The van der Waals surface area contributed by atoms with Crippen LogP contribution in [0.15, 0.2) is 41.4 Å². The van der Waals surface area contributed by atoms with Gasteiger partial charge in [0.05, 0.1) is 5.51 Å². The van der Waals surface area contributed by atoms with E-state index in [0.29, 0.717) is 0 Å². The van der Waals surface area contributed by atoms with Crippen LogP contribution in [0, 0.1) is 0 Å². The molecule has 0 unspecified atom stereocenters. The van der Waals surface area contributed by atoms with Crippen LogP contribution in [0.4, 0.5) is 5.69 Å². The molecule has 2 nitrogen and oxygen atoms in total. The van der Waals surface area contributed by atoms with Gasteiger partial charge in [0.1, 0.15) is 0 Å². The third kappa shape index (κ3) is 3.06. The highest BCUT2D eigenvalue weighted by Crippen LogP contribution is 2.20. The molecular formula is C12H14N2S. The largest absolute Gasteiger partial charge is 0.385 e. The topological polar surface area (TPSA) is 24.9 Å². The van der Waals surface area contributed by atoms with Gasteiger partial charge in [-0.1, -0.05) is 18.2 Å². The molecule has 2 aromatic rings. The van der Waals surface area contributed by atoms with Gasteiger partial charge in [-0.25, -0.2) is 0 Å². The number of aromatic nitrogens is 1. The summed E-state index contributed by atoms with van der Waals surface area (Å²) in [6, 6.07) is 8.53. The predicted octanol–water partition coefficient (Wildman–Crippen LogP) is 3.19. The van der Waals surface area contributed by atoms with E-state index >= 15 is 0 Å². The van der Waals surface area contributed by atoms with Crippen LogP contribution in [0.1, 0.15) is 12.0 Å². The number of nitrogens with one attached hydrogen (secondary N) is 1. The Morgan fingerprint density at radius 1 is 1.27 bits per heavy atom. The van der Waals surface area contributed by atoms with Crippen molar-refractivity contribution in [3.63, 3.8) is 0 Å². The van der Waals surface area contributed by atoms with E-state index in [0.717, 1.165) is 6.54 Å². The lowest BCUT2D eigenvalue weighted by Crippen LogP contribution is -2.10. The van der Waals surface area contributed by atoms with Gasteiger partial charge in [-0.2, -0.15) is 0 Å². The first-order valence-corrected chi connectivity index (χ1v) is 6.05. The average Bonchev–Trinajstić information content (AvgIpc) is 2.88. The summed E-state index contributed by atoms with van der Waals surface area (Å²) < 4.78 is 0. The maximum Gasteiger partial charge on any atom is 0.0791 e. The second-order valence-corrected chi connectivity index (χ2v) is 4.12. The molecule has 0 spiro atoms. The van der Waals surface area contributed by atoms with Crippen molar-refractivity contribution in [2.24, 2.45) is 0 Å². The lowest BCUT2D eigenvalue weighted by Gasteiger charge is -2.16. The van der Waals surface area contributed by atoms with Crippen LogP contribution in [0.3, 0.4) is 0 Å². The van der Waals surface area contributed by atoms with E-state index < -0.39 is 0 Å². The van der Waals surface area contributed by atoms with E-state index in [1.165, 1.54) is 24.1 Å². The molecule has 15 heavy (non-hydrogen) atoms. The molecule has 0 radical (unpaired) electrons. The lowest BCUT2D eigenvalue weighted by atomic mass is 10.0. The Morgan fingerprint density at radius 3 is 2.87 bits per heavy atom. The van der Waals surface area contributed by atoms with Crippen molar-refractivity contribution < 1.29 is 0 Å². The highest BCUT2D eigenvalue weighted by atomic mass is 32.1. The molecule has 0 atom stereocenters. The number of hydrogen-bond acceptors (Lipinski definition) is 3. The van der Waals surface area contributed by atoms with Crippen molar-refractivity contribution in [1.29, 1.82) is 0 Å². The standard InChI is InChI=1S/C9H11N.C3H3NS/c1-2-6-9-8(4-1)5-3-7-10-9;1-2-5-3-4-1/h1-2,4,6,10H,3,5,7H2;1-3H. The van der Waals surface area contributed by atoms with Gasteiger partial charge in [0.25, 0.3) is 0 Å². The van der Waals surface area contributed by atoms with Crippen molar-refractivity contribution in [1.82, 2.24) is 4.98 Å². The number of rotatable bonds is 0. The van der Waals surface area contributed by atoms with E-state index in [1.807, 2.05) is 5.38 Å². The maximum atomic E-state index is 3.74. The number of para-hydroxylation sites is 1. The van der Waals surface area contributed by atoms with Crippen molar-refractivity contribution in [3.8, 4) is 0 Å². The summed E-state index contributed by atoms with van der Waals surface area (Å²) in [6.07, 6.45) is 4.28. The minimum Gasteiger partial charge on any atom is -0.385 e. The number of aryl methyl sites for hydroxylation is 1. The molecule has 3 heteroatoms. The Kier molecular flexibility index (Phi) is 3.74. The Hall–Kier alpha value is -1.35. The molecule has 0 saturated carbocycles. The first-order chi connectivity index (χ1) is 7.47. The fourth-order valence-corrected chi connectivity index (χ4v) is 1.94. The Labute approximate surface area is 94.0 Å².